The zero-order chi connectivity index (χ0) is 11.7. The Bertz CT molecular complexity index is 242. The largest absolute Gasteiger partial charge is 0.480 e. The molecule has 88 valence electrons. The van der Waals surface area contributed by atoms with Crippen molar-refractivity contribution in [3.05, 3.63) is 0 Å². The molecule has 0 heterocycles. The molecular weight excluding hydrogens is 190 g/mol. The van der Waals surface area contributed by atoms with Gasteiger partial charge in [-0.3, -0.25) is 4.79 Å². The van der Waals surface area contributed by atoms with Crippen LogP contribution in [0.5, 0.6) is 0 Å². The number of aliphatic carboxylic acids is 1. The summed E-state index contributed by atoms with van der Waals surface area (Å²) in [5.74, 6) is -0.0264. The fraction of sp³-hybridized carbons (Fsp3) is 0.917. The number of carbonyl (C=O) groups is 1. The molecular formula is C12H23NO2. The van der Waals surface area contributed by atoms with Gasteiger partial charge in [-0.05, 0) is 38.0 Å². The fourth-order valence-corrected chi connectivity index (χ4v) is 1.86. The van der Waals surface area contributed by atoms with E-state index in [9.17, 15) is 4.79 Å². The van der Waals surface area contributed by atoms with Crippen molar-refractivity contribution < 1.29 is 9.90 Å². The van der Waals surface area contributed by atoms with Gasteiger partial charge in [-0.15, -0.1) is 0 Å². The number of rotatable bonds is 5. The minimum absolute atomic E-state index is 0.213. The fourth-order valence-electron chi connectivity index (χ4n) is 1.86. The van der Waals surface area contributed by atoms with Crippen molar-refractivity contribution in [3.8, 4) is 0 Å². The predicted octanol–water partition coefficient (Wildman–Crippen LogP) is 2.27. The molecule has 3 nitrogen and oxygen atoms in total. The smallest absolute Gasteiger partial charge is 0.323 e. The van der Waals surface area contributed by atoms with Gasteiger partial charge in [0.15, 0.2) is 0 Å². The Kier molecular flexibility index (Phi) is 3.44. The topological polar surface area (TPSA) is 49.3 Å². The number of hydrogen-bond donors (Lipinski definition) is 2. The van der Waals surface area contributed by atoms with Crippen molar-refractivity contribution in [3.63, 3.8) is 0 Å². The lowest BCUT2D eigenvalue weighted by Crippen LogP contribution is -2.51. The van der Waals surface area contributed by atoms with Gasteiger partial charge in [-0.25, -0.2) is 0 Å². The van der Waals surface area contributed by atoms with E-state index in [4.69, 9.17) is 5.11 Å². The summed E-state index contributed by atoms with van der Waals surface area (Å²) in [6.45, 7) is 8.65. The molecule has 3 heteroatoms. The molecule has 1 rings (SSSR count). The third-order valence-corrected chi connectivity index (χ3v) is 3.73. The van der Waals surface area contributed by atoms with E-state index in [1.807, 2.05) is 0 Å². The standard InChI is InChI=1S/C12H23NO2/c1-11(2,9-6-5-7-9)8-13-12(3,4)10(14)15/h9,13H,5-8H2,1-4H3,(H,14,15). The summed E-state index contributed by atoms with van der Waals surface area (Å²) in [7, 11) is 0. The van der Waals surface area contributed by atoms with E-state index >= 15 is 0 Å². The van der Waals surface area contributed by atoms with Gasteiger partial charge in [0.05, 0.1) is 0 Å². The van der Waals surface area contributed by atoms with Crippen LogP contribution in [0.15, 0.2) is 0 Å². The van der Waals surface area contributed by atoms with Gasteiger partial charge < -0.3 is 10.4 Å². The van der Waals surface area contributed by atoms with Gasteiger partial charge in [0, 0.05) is 6.54 Å². The molecule has 0 bridgehead atoms. The van der Waals surface area contributed by atoms with Crippen LogP contribution in [0.3, 0.4) is 0 Å². The summed E-state index contributed by atoms with van der Waals surface area (Å²) in [4.78, 5) is 10.9. The maximum atomic E-state index is 10.9. The zero-order valence-electron chi connectivity index (χ0n) is 10.3. The molecule has 0 spiro atoms. The van der Waals surface area contributed by atoms with Crippen LogP contribution in [0.1, 0.15) is 47.0 Å². The van der Waals surface area contributed by atoms with Crippen LogP contribution < -0.4 is 5.32 Å². The van der Waals surface area contributed by atoms with E-state index in [2.05, 4.69) is 19.2 Å². The molecule has 0 aliphatic heterocycles. The second-order valence-electron chi connectivity index (χ2n) is 5.90. The van der Waals surface area contributed by atoms with Crippen molar-refractivity contribution in [2.75, 3.05) is 6.54 Å². The maximum absolute atomic E-state index is 10.9. The van der Waals surface area contributed by atoms with Crippen molar-refractivity contribution in [2.45, 2.75) is 52.5 Å². The van der Waals surface area contributed by atoms with Crippen LogP contribution in [0.25, 0.3) is 0 Å². The minimum atomic E-state index is -0.818. The summed E-state index contributed by atoms with van der Waals surface area (Å²) in [5.41, 5.74) is -0.605. The molecule has 1 aliphatic rings. The highest BCUT2D eigenvalue weighted by molar-refractivity contribution is 5.77. The van der Waals surface area contributed by atoms with Gasteiger partial charge in [0.25, 0.3) is 0 Å². The van der Waals surface area contributed by atoms with Crippen molar-refractivity contribution >= 4 is 5.97 Å². The van der Waals surface area contributed by atoms with Crippen molar-refractivity contribution in [1.82, 2.24) is 5.32 Å². The van der Waals surface area contributed by atoms with Crippen LogP contribution in [-0.4, -0.2) is 23.2 Å². The molecule has 1 aliphatic carbocycles. The molecule has 0 aromatic heterocycles. The lowest BCUT2D eigenvalue weighted by Gasteiger charge is -2.42. The number of carboxylic acid groups (broad SMARTS) is 1. The minimum Gasteiger partial charge on any atom is -0.480 e. The number of hydrogen-bond acceptors (Lipinski definition) is 2. The van der Waals surface area contributed by atoms with Gasteiger partial charge in [-0.2, -0.15) is 0 Å². The molecule has 1 saturated carbocycles. The third kappa shape index (κ3) is 2.94. The molecule has 0 atom stereocenters. The number of carboxylic acids is 1. The molecule has 2 N–H and O–H groups in total. The van der Waals surface area contributed by atoms with E-state index in [1.54, 1.807) is 13.8 Å². The zero-order valence-corrected chi connectivity index (χ0v) is 10.3. The van der Waals surface area contributed by atoms with Crippen LogP contribution in [0.4, 0.5) is 0 Å². The summed E-state index contributed by atoms with van der Waals surface area (Å²) in [5, 5.41) is 12.1. The highest BCUT2D eigenvalue weighted by Crippen LogP contribution is 2.41. The van der Waals surface area contributed by atoms with Crippen LogP contribution >= 0.6 is 0 Å². The first kappa shape index (κ1) is 12.5. The average molecular weight is 213 g/mol. The van der Waals surface area contributed by atoms with Gasteiger partial charge in [-0.1, -0.05) is 20.3 Å². The monoisotopic (exact) mass is 213 g/mol. The van der Waals surface area contributed by atoms with E-state index < -0.39 is 11.5 Å². The molecule has 0 aromatic carbocycles. The normalized spacial score (nSPS) is 18.7. The molecule has 0 saturated heterocycles. The third-order valence-electron chi connectivity index (χ3n) is 3.73. The van der Waals surface area contributed by atoms with Crippen LogP contribution in [-0.2, 0) is 4.79 Å². The Balaban J connectivity index is 2.44. The second-order valence-corrected chi connectivity index (χ2v) is 5.90. The SMILES string of the molecule is CC(C)(NCC(C)(C)C1CCC1)C(=O)O. The Labute approximate surface area is 92.3 Å². The summed E-state index contributed by atoms with van der Waals surface area (Å²) < 4.78 is 0. The average Bonchev–Trinajstić information content (AvgIpc) is 1.96. The van der Waals surface area contributed by atoms with E-state index in [0.29, 0.717) is 0 Å². The molecule has 0 radical (unpaired) electrons. The first-order valence-electron chi connectivity index (χ1n) is 5.74. The van der Waals surface area contributed by atoms with Crippen LogP contribution in [0, 0.1) is 11.3 Å². The highest BCUT2D eigenvalue weighted by Gasteiger charge is 2.36. The molecule has 0 amide bonds. The first-order chi connectivity index (χ1) is 6.76. The Morgan fingerprint density at radius 1 is 1.33 bits per heavy atom. The van der Waals surface area contributed by atoms with Crippen LogP contribution in [0.2, 0.25) is 0 Å². The highest BCUT2D eigenvalue weighted by atomic mass is 16.4. The Hall–Kier alpha value is -0.570. The summed E-state index contributed by atoms with van der Waals surface area (Å²) in [6.07, 6.45) is 3.92. The van der Waals surface area contributed by atoms with Gasteiger partial charge in [0.2, 0.25) is 0 Å². The lowest BCUT2D eigenvalue weighted by atomic mass is 9.67. The van der Waals surface area contributed by atoms with E-state index in [-0.39, 0.29) is 5.41 Å². The first-order valence-corrected chi connectivity index (χ1v) is 5.74. The second kappa shape index (κ2) is 4.12. The Morgan fingerprint density at radius 2 is 1.87 bits per heavy atom. The molecule has 0 aromatic rings. The van der Waals surface area contributed by atoms with Crippen molar-refractivity contribution in [2.24, 2.45) is 11.3 Å². The van der Waals surface area contributed by atoms with Gasteiger partial charge in [0.1, 0.15) is 5.54 Å². The maximum Gasteiger partial charge on any atom is 0.323 e. The van der Waals surface area contributed by atoms with E-state index in [0.717, 1.165) is 12.5 Å². The predicted molar refractivity (Wildman–Crippen MR) is 60.8 cm³/mol. The molecule has 1 fully saturated rings. The summed E-state index contributed by atoms with van der Waals surface area (Å²) >= 11 is 0. The van der Waals surface area contributed by atoms with E-state index in [1.165, 1.54) is 19.3 Å². The quantitative estimate of drug-likeness (QED) is 0.736. The summed E-state index contributed by atoms with van der Waals surface area (Å²) in [6, 6.07) is 0. The van der Waals surface area contributed by atoms with Crippen molar-refractivity contribution in [1.29, 1.82) is 0 Å². The lowest BCUT2D eigenvalue weighted by molar-refractivity contribution is -0.143. The Morgan fingerprint density at radius 3 is 2.20 bits per heavy atom. The molecule has 15 heavy (non-hydrogen) atoms. The van der Waals surface area contributed by atoms with Gasteiger partial charge >= 0.3 is 5.97 Å². The molecule has 0 unspecified atom stereocenters. The number of nitrogens with one attached hydrogen (secondary N) is 1.